The molecule has 0 bridgehead atoms. The molecular weight excluding hydrogens is 373 g/mol. The van der Waals surface area contributed by atoms with E-state index in [0.29, 0.717) is 11.8 Å². The zero-order chi connectivity index (χ0) is 20.5. The summed E-state index contributed by atoms with van der Waals surface area (Å²) in [5.74, 6) is 0.0680. The number of rotatable bonds is 5. The largest absolute Gasteiger partial charge is 0.489 e. The summed E-state index contributed by atoms with van der Waals surface area (Å²) in [5.41, 5.74) is 0.0761. The first-order chi connectivity index (χ1) is 14.0. The predicted octanol–water partition coefficient (Wildman–Crippen LogP) is 7.53. The van der Waals surface area contributed by atoms with Gasteiger partial charge in [-0.15, -0.1) is 0 Å². The molecule has 2 saturated carbocycles. The molecule has 4 atom stereocenters. The van der Waals surface area contributed by atoms with Crippen molar-refractivity contribution < 1.29 is 17.9 Å². The molecule has 4 rings (SSSR count). The van der Waals surface area contributed by atoms with E-state index < -0.39 is 17.5 Å². The van der Waals surface area contributed by atoms with Gasteiger partial charge in [0.15, 0.2) is 0 Å². The Labute approximate surface area is 170 Å². The van der Waals surface area contributed by atoms with E-state index in [1.165, 1.54) is 43.5 Å². The third-order valence-corrected chi connectivity index (χ3v) is 7.16. The maximum absolute atomic E-state index is 15.4. The first-order valence-electron chi connectivity index (χ1n) is 10.9. The van der Waals surface area contributed by atoms with Crippen LogP contribution in [0.25, 0.3) is 10.8 Å². The second kappa shape index (κ2) is 8.41. The highest BCUT2D eigenvalue weighted by Gasteiger charge is 2.37. The summed E-state index contributed by atoms with van der Waals surface area (Å²) in [6.45, 7) is 6.01. The molecule has 0 N–H and O–H groups in total. The molecule has 2 aromatic rings. The lowest BCUT2D eigenvalue weighted by Gasteiger charge is -2.42. The molecule has 2 aliphatic carbocycles. The van der Waals surface area contributed by atoms with Gasteiger partial charge in [-0.05, 0) is 73.3 Å². The van der Waals surface area contributed by atoms with Gasteiger partial charge in [-0.2, -0.15) is 0 Å². The summed E-state index contributed by atoms with van der Waals surface area (Å²) in [4.78, 5) is 0. The Morgan fingerprint density at radius 2 is 1.76 bits per heavy atom. The van der Waals surface area contributed by atoms with Gasteiger partial charge in [0.2, 0.25) is 0 Å². The Bertz CT molecular complexity index is 907. The third-order valence-electron chi connectivity index (χ3n) is 7.16. The summed E-state index contributed by atoms with van der Waals surface area (Å²) in [5, 5.41) is 0.0594. The quantitative estimate of drug-likeness (QED) is 0.470. The highest BCUT2D eigenvalue weighted by molar-refractivity contribution is 5.86. The zero-order valence-corrected chi connectivity index (χ0v) is 17.0. The molecule has 29 heavy (non-hydrogen) atoms. The minimum absolute atomic E-state index is 0.0761. The molecule has 2 unspecified atom stereocenters. The van der Waals surface area contributed by atoms with Gasteiger partial charge < -0.3 is 4.74 Å². The lowest BCUT2D eigenvalue weighted by atomic mass is 9.63. The first-order valence-corrected chi connectivity index (χ1v) is 10.9. The van der Waals surface area contributed by atoms with Crippen molar-refractivity contribution in [3.05, 3.63) is 53.9 Å². The lowest BCUT2D eigenvalue weighted by molar-refractivity contribution is 0.115. The van der Waals surface area contributed by atoms with E-state index in [0.717, 1.165) is 31.6 Å². The van der Waals surface area contributed by atoms with E-state index in [4.69, 9.17) is 4.74 Å². The van der Waals surface area contributed by atoms with Crippen LogP contribution in [0.5, 0.6) is 5.75 Å². The predicted molar refractivity (Wildman–Crippen MR) is 111 cm³/mol. The van der Waals surface area contributed by atoms with Crippen LogP contribution in [-0.2, 0) is 0 Å². The van der Waals surface area contributed by atoms with Gasteiger partial charge >= 0.3 is 0 Å². The topological polar surface area (TPSA) is 9.23 Å². The van der Waals surface area contributed by atoms with Gasteiger partial charge in [0.05, 0.1) is 5.39 Å². The maximum Gasteiger partial charge on any atom is 0.140 e. The highest BCUT2D eigenvalue weighted by Crippen LogP contribution is 2.49. The van der Waals surface area contributed by atoms with Crippen molar-refractivity contribution in [1.29, 1.82) is 0 Å². The number of hydrogen-bond donors (Lipinski definition) is 0. The number of benzene rings is 2. The van der Waals surface area contributed by atoms with Gasteiger partial charge in [0.25, 0.3) is 0 Å². The fourth-order valence-electron chi connectivity index (χ4n) is 5.63. The maximum atomic E-state index is 15.4. The molecule has 2 fully saturated rings. The molecule has 4 heteroatoms. The van der Waals surface area contributed by atoms with Crippen LogP contribution in [0.3, 0.4) is 0 Å². The Hall–Kier alpha value is -1.97. The average Bonchev–Trinajstić information content (AvgIpc) is 2.71. The van der Waals surface area contributed by atoms with E-state index in [2.05, 4.69) is 13.5 Å². The summed E-state index contributed by atoms with van der Waals surface area (Å²) in [6.07, 6.45) is 8.97. The monoisotopic (exact) mass is 402 g/mol. The van der Waals surface area contributed by atoms with Crippen LogP contribution in [0, 0.1) is 35.2 Å². The van der Waals surface area contributed by atoms with Gasteiger partial charge in [-0.1, -0.05) is 32.4 Å². The summed E-state index contributed by atoms with van der Waals surface area (Å²) in [7, 11) is 0. The molecule has 2 aromatic carbocycles. The Kier molecular flexibility index (Phi) is 5.89. The number of fused-ring (bicyclic) bond motifs is 2. The molecule has 0 radical (unpaired) electrons. The fraction of sp³-hybridized carbons (Fsp3) is 0.520. The van der Waals surface area contributed by atoms with E-state index in [9.17, 15) is 4.39 Å². The van der Waals surface area contributed by atoms with Crippen LogP contribution >= 0.6 is 0 Å². The molecule has 0 spiro atoms. The van der Waals surface area contributed by atoms with Crippen molar-refractivity contribution in [3.63, 3.8) is 0 Å². The molecule has 0 heterocycles. The molecule has 0 amide bonds. The molecule has 1 nitrogen and oxygen atoms in total. The highest BCUT2D eigenvalue weighted by atomic mass is 19.1. The molecule has 0 saturated heterocycles. The van der Waals surface area contributed by atoms with Crippen LogP contribution in [0.4, 0.5) is 13.2 Å². The average molecular weight is 403 g/mol. The smallest absolute Gasteiger partial charge is 0.140 e. The summed E-state index contributed by atoms with van der Waals surface area (Å²) < 4.78 is 50.4. The molecule has 156 valence electrons. The van der Waals surface area contributed by atoms with E-state index in [-0.39, 0.29) is 34.6 Å². The Balaban J connectivity index is 1.64. The van der Waals surface area contributed by atoms with Crippen molar-refractivity contribution in [3.8, 4) is 5.75 Å². The van der Waals surface area contributed by atoms with Crippen LogP contribution < -0.4 is 4.74 Å². The summed E-state index contributed by atoms with van der Waals surface area (Å²) in [6, 6.07) is 3.91. The normalized spacial score (nSPS) is 26.9. The SMILES string of the molecule is C=CCOc1cc(F)c2c(F)c([C@@H]3CC[C@@H]4CC(CC)CCC4C3)c(F)cc2c1. The number of ether oxygens (including phenoxy) is 1. The molecular formula is C25H29F3O. The molecule has 0 aromatic heterocycles. The van der Waals surface area contributed by atoms with Crippen molar-refractivity contribution in [2.24, 2.45) is 17.8 Å². The van der Waals surface area contributed by atoms with E-state index >= 15 is 8.78 Å². The number of halogens is 3. The van der Waals surface area contributed by atoms with Crippen molar-refractivity contribution in [1.82, 2.24) is 0 Å². The van der Waals surface area contributed by atoms with Crippen LogP contribution in [0.2, 0.25) is 0 Å². The van der Waals surface area contributed by atoms with E-state index in [1.807, 2.05) is 0 Å². The third kappa shape index (κ3) is 3.91. The fourth-order valence-corrected chi connectivity index (χ4v) is 5.63. The minimum Gasteiger partial charge on any atom is -0.489 e. The van der Waals surface area contributed by atoms with Crippen LogP contribution in [0.15, 0.2) is 30.9 Å². The van der Waals surface area contributed by atoms with Gasteiger partial charge in [-0.3, -0.25) is 0 Å². The summed E-state index contributed by atoms with van der Waals surface area (Å²) >= 11 is 0. The Morgan fingerprint density at radius 3 is 2.52 bits per heavy atom. The van der Waals surface area contributed by atoms with Crippen molar-refractivity contribution in [2.45, 2.75) is 57.8 Å². The second-order valence-electron chi connectivity index (χ2n) is 8.81. The number of hydrogen-bond acceptors (Lipinski definition) is 1. The first kappa shape index (κ1) is 20.3. The lowest BCUT2D eigenvalue weighted by Crippen LogP contribution is -2.30. The van der Waals surface area contributed by atoms with E-state index in [1.54, 1.807) is 0 Å². The van der Waals surface area contributed by atoms with Crippen LogP contribution in [0.1, 0.15) is 63.4 Å². The second-order valence-corrected chi connectivity index (χ2v) is 8.81. The minimum atomic E-state index is -0.738. The standard InChI is InChI=1S/C25H29F3O/c1-3-9-29-20-12-19-13-21(26)23(25(28)24(19)22(27)14-20)18-8-7-16-10-15(4-2)5-6-17(16)11-18/h3,12-18H,1,4-11H2,2H3/t15?,16-,17?,18-/m1/s1. The van der Waals surface area contributed by atoms with Crippen molar-refractivity contribution >= 4 is 10.8 Å². The van der Waals surface area contributed by atoms with Gasteiger partial charge in [0.1, 0.15) is 29.8 Å². The molecule has 2 aliphatic rings. The molecule has 0 aliphatic heterocycles. The van der Waals surface area contributed by atoms with Crippen LogP contribution in [-0.4, -0.2) is 6.61 Å². The van der Waals surface area contributed by atoms with Gasteiger partial charge in [0, 0.05) is 11.6 Å². The van der Waals surface area contributed by atoms with Crippen molar-refractivity contribution in [2.75, 3.05) is 6.61 Å². The Morgan fingerprint density at radius 1 is 1.00 bits per heavy atom. The van der Waals surface area contributed by atoms with Gasteiger partial charge in [-0.25, -0.2) is 13.2 Å². The zero-order valence-electron chi connectivity index (χ0n) is 17.0.